The first-order valence-electron chi connectivity index (χ1n) is 8.96. The summed E-state index contributed by atoms with van der Waals surface area (Å²) in [6, 6.07) is 11.9. The standard InChI is InChI=1S/C21H22ClN3O4/c1-14-17(22)5-3-6-18(14)24-19(26)7-4-8-20(27)25-23-13-15-9-11-16(12-10-15)21(28)29-2/h3,5-6,9-13H,4,7-8H2,1-2H3,(H,24,26)(H,25,27)/b23-13+. The smallest absolute Gasteiger partial charge is 0.337 e. The van der Waals surface area contributed by atoms with Gasteiger partial charge >= 0.3 is 5.97 Å². The highest BCUT2D eigenvalue weighted by Gasteiger charge is 2.08. The highest BCUT2D eigenvalue weighted by molar-refractivity contribution is 6.31. The van der Waals surface area contributed by atoms with Crippen LogP contribution in [0.5, 0.6) is 0 Å². The first kappa shape index (κ1) is 22.1. The molecule has 0 bridgehead atoms. The van der Waals surface area contributed by atoms with Crippen LogP contribution in [0.2, 0.25) is 5.02 Å². The Morgan fingerprint density at radius 2 is 1.76 bits per heavy atom. The van der Waals surface area contributed by atoms with E-state index in [2.05, 4.69) is 20.6 Å². The third-order valence-electron chi connectivity index (χ3n) is 4.08. The average molecular weight is 416 g/mol. The summed E-state index contributed by atoms with van der Waals surface area (Å²) in [6.07, 6.45) is 2.23. The molecule has 0 aliphatic carbocycles. The maximum absolute atomic E-state index is 12.0. The number of ether oxygens (including phenoxy) is 1. The summed E-state index contributed by atoms with van der Waals surface area (Å²) in [4.78, 5) is 35.2. The molecular weight excluding hydrogens is 394 g/mol. The van der Waals surface area contributed by atoms with Crippen LogP contribution < -0.4 is 10.7 Å². The Bertz CT molecular complexity index is 911. The van der Waals surface area contributed by atoms with Crippen LogP contribution in [0.15, 0.2) is 47.6 Å². The van der Waals surface area contributed by atoms with Crippen molar-refractivity contribution in [1.82, 2.24) is 5.43 Å². The van der Waals surface area contributed by atoms with Crippen LogP contribution in [0.25, 0.3) is 0 Å². The van der Waals surface area contributed by atoms with Crippen LogP contribution in [0, 0.1) is 6.92 Å². The highest BCUT2D eigenvalue weighted by Crippen LogP contribution is 2.23. The summed E-state index contributed by atoms with van der Waals surface area (Å²) in [5, 5.41) is 7.24. The summed E-state index contributed by atoms with van der Waals surface area (Å²) < 4.78 is 4.62. The molecule has 29 heavy (non-hydrogen) atoms. The Morgan fingerprint density at radius 1 is 1.07 bits per heavy atom. The fraction of sp³-hybridized carbons (Fsp3) is 0.238. The van der Waals surface area contributed by atoms with Gasteiger partial charge in [-0.3, -0.25) is 9.59 Å². The quantitative estimate of drug-likeness (QED) is 0.390. The Morgan fingerprint density at radius 3 is 2.45 bits per heavy atom. The summed E-state index contributed by atoms with van der Waals surface area (Å²) in [7, 11) is 1.31. The van der Waals surface area contributed by atoms with E-state index in [9.17, 15) is 14.4 Å². The summed E-state index contributed by atoms with van der Waals surface area (Å²) in [5.74, 6) is -0.895. The minimum atomic E-state index is -0.420. The van der Waals surface area contributed by atoms with Crippen molar-refractivity contribution >= 4 is 41.3 Å². The third kappa shape index (κ3) is 7.04. The average Bonchev–Trinajstić information content (AvgIpc) is 2.71. The van der Waals surface area contributed by atoms with Gasteiger partial charge in [0.05, 0.1) is 18.9 Å². The van der Waals surface area contributed by atoms with Crippen LogP contribution in [0.1, 0.15) is 40.7 Å². The van der Waals surface area contributed by atoms with Gasteiger partial charge in [-0.1, -0.05) is 29.8 Å². The number of amides is 2. The number of nitrogens with zero attached hydrogens (tertiary/aromatic N) is 1. The number of carbonyl (C=O) groups excluding carboxylic acids is 3. The molecule has 0 unspecified atom stereocenters. The lowest BCUT2D eigenvalue weighted by Crippen LogP contribution is -2.18. The number of rotatable bonds is 8. The van der Waals surface area contributed by atoms with E-state index in [-0.39, 0.29) is 24.7 Å². The van der Waals surface area contributed by atoms with Crippen molar-refractivity contribution in [1.29, 1.82) is 0 Å². The Balaban J connectivity index is 1.71. The van der Waals surface area contributed by atoms with Gasteiger partial charge in [-0.05, 0) is 48.7 Å². The van der Waals surface area contributed by atoms with Crippen LogP contribution in [-0.2, 0) is 14.3 Å². The summed E-state index contributed by atoms with van der Waals surface area (Å²) >= 11 is 6.03. The third-order valence-corrected chi connectivity index (χ3v) is 4.49. The van der Waals surface area contributed by atoms with Gasteiger partial charge in [0.25, 0.3) is 0 Å². The van der Waals surface area contributed by atoms with Crippen molar-refractivity contribution in [2.75, 3.05) is 12.4 Å². The molecule has 152 valence electrons. The van der Waals surface area contributed by atoms with Crippen LogP contribution in [0.3, 0.4) is 0 Å². The molecule has 7 nitrogen and oxygen atoms in total. The molecule has 0 aromatic heterocycles. The van der Waals surface area contributed by atoms with Crippen LogP contribution in [-0.4, -0.2) is 31.1 Å². The van der Waals surface area contributed by atoms with Crippen molar-refractivity contribution in [3.63, 3.8) is 0 Å². The number of nitrogens with one attached hydrogen (secondary N) is 2. The van der Waals surface area contributed by atoms with Crippen molar-refractivity contribution in [3.8, 4) is 0 Å². The molecule has 0 aliphatic rings. The summed E-state index contributed by atoms with van der Waals surface area (Å²) in [5.41, 5.74) is 5.02. The van der Waals surface area contributed by atoms with E-state index >= 15 is 0 Å². The van der Waals surface area contributed by atoms with E-state index in [1.54, 1.807) is 42.5 Å². The highest BCUT2D eigenvalue weighted by atomic mass is 35.5. The predicted molar refractivity (Wildman–Crippen MR) is 112 cm³/mol. The van der Waals surface area contributed by atoms with E-state index in [1.807, 2.05) is 6.92 Å². The molecule has 0 fully saturated rings. The second kappa shape index (κ2) is 11.0. The molecule has 0 aliphatic heterocycles. The lowest BCUT2D eigenvalue weighted by atomic mass is 10.1. The fourth-order valence-corrected chi connectivity index (χ4v) is 2.60. The van der Waals surface area contributed by atoms with Crippen molar-refractivity contribution in [3.05, 3.63) is 64.2 Å². The number of methoxy groups -OCH3 is 1. The number of carbonyl (C=O) groups is 3. The summed E-state index contributed by atoms with van der Waals surface area (Å²) in [6.45, 7) is 1.83. The molecule has 0 saturated heterocycles. The zero-order chi connectivity index (χ0) is 21.2. The van der Waals surface area contributed by atoms with Gasteiger partial charge in [0.15, 0.2) is 0 Å². The molecule has 2 rings (SSSR count). The molecule has 8 heteroatoms. The van der Waals surface area contributed by atoms with Crippen molar-refractivity contribution in [2.45, 2.75) is 26.2 Å². The molecule has 0 saturated carbocycles. The van der Waals surface area contributed by atoms with E-state index in [1.165, 1.54) is 13.3 Å². The van der Waals surface area contributed by atoms with Gasteiger partial charge in [0, 0.05) is 23.6 Å². The number of hydrazone groups is 1. The van der Waals surface area contributed by atoms with Gasteiger partial charge < -0.3 is 10.1 Å². The number of benzene rings is 2. The second-order valence-corrected chi connectivity index (χ2v) is 6.63. The van der Waals surface area contributed by atoms with Crippen LogP contribution >= 0.6 is 11.6 Å². The molecule has 2 aromatic rings. The number of hydrogen-bond acceptors (Lipinski definition) is 5. The molecule has 0 spiro atoms. The Kier molecular flexibility index (Phi) is 8.36. The molecule has 0 atom stereocenters. The Labute approximate surface area is 174 Å². The molecule has 2 aromatic carbocycles. The number of halogens is 1. The second-order valence-electron chi connectivity index (χ2n) is 6.22. The normalized spacial score (nSPS) is 10.6. The number of esters is 1. The van der Waals surface area contributed by atoms with Gasteiger partial charge in [-0.2, -0.15) is 5.10 Å². The molecule has 2 amide bonds. The SMILES string of the molecule is COC(=O)c1ccc(/C=N/NC(=O)CCCC(=O)Nc2cccc(Cl)c2C)cc1. The first-order chi connectivity index (χ1) is 13.9. The topological polar surface area (TPSA) is 96.9 Å². The molecule has 2 N–H and O–H groups in total. The number of anilines is 1. The lowest BCUT2D eigenvalue weighted by molar-refractivity contribution is -0.121. The molecule has 0 heterocycles. The van der Waals surface area contributed by atoms with E-state index in [4.69, 9.17) is 11.6 Å². The van der Waals surface area contributed by atoms with Gasteiger partial charge in [0.1, 0.15) is 0 Å². The zero-order valence-electron chi connectivity index (χ0n) is 16.2. The van der Waals surface area contributed by atoms with E-state index < -0.39 is 5.97 Å². The first-order valence-corrected chi connectivity index (χ1v) is 9.33. The largest absolute Gasteiger partial charge is 0.465 e. The minimum absolute atomic E-state index is 0.167. The molecule has 0 radical (unpaired) electrons. The van der Waals surface area contributed by atoms with Gasteiger partial charge in [-0.15, -0.1) is 0 Å². The fourth-order valence-electron chi connectivity index (χ4n) is 2.42. The van der Waals surface area contributed by atoms with Crippen LogP contribution in [0.4, 0.5) is 5.69 Å². The van der Waals surface area contributed by atoms with Gasteiger partial charge in [0.2, 0.25) is 11.8 Å². The maximum Gasteiger partial charge on any atom is 0.337 e. The van der Waals surface area contributed by atoms with Crippen molar-refractivity contribution in [2.24, 2.45) is 5.10 Å². The number of hydrogen-bond donors (Lipinski definition) is 2. The molecular formula is C21H22ClN3O4. The lowest BCUT2D eigenvalue weighted by Gasteiger charge is -2.09. The monoisotopic (exact) mass is 415 g/mol. The zero-order valence-corrected chi connectivity index (χ0v) is 17.0. The van der Waals surface area contributed by atoms with Gasteiger partial charge in [-0.25, -0.2) is 10.2 Å². The van der Waals surface area contributed by atoms with E-state index in [0.717, 1.165) is 5.56 Å². The maximum atomic E-state index is 12.0. The van der Waals surface area contributed by atoms with Crippen molar-refractivity contribution < 1.29 is 19.1 Å². The van der Waals surface area contributed by atoms with E-state index in [0.29, 0.717) is 28.3 Å². The Hall–Kier alpha value is -3.19. The predicted octanol–water partition coefficient (Wildman–Crippen LogP) is 3.69. The minimum Gasteiger partial charge on any atom is -0.465 e.